The summed E-state index contributed by atoms with van der Waals surface area (Å²) in [6.45, 7) is 1.83. The third kappa shape index (κ3) is 3.93. The molecule has 5 heteroatoms. The molecule has 19 heavy (non-hydrogen) atoms. The van der Waals surface area contributed by atoms with Gasteiger partial charge in [-0.3, -0.25) is 4.79 Å². The Balaban J connectivity index is 1.96. The Hall–Kier alpha value is -2.14. The molecule has 1 aromatic heterocycles. The molecule has 0 unspecified atom stereocenters. The van der Waals surface area contributed by atoms with Crippen LogP contribution in [-0.4, -0.2) is 11.6 Å². The van der Waals surface area contributed by atoms with Crippen LogP contribution < -0.4 is 11.2 Å². The molecule has 0 atom stereocenters. The van der Waals surface area contributed by atoms with Crippen LogP contribution in [0.5, 0.6) is 0 Å². The van der Waals surface area contributed by atoms with Gasteiger partial charge in [-0.15, -0.1) is 11.3 Å². The third-order valence-electron chi connectivity index (χ3n) is 2.57. The molecule has 98 valence electrons. The maximum Gasteiger partial charge on any atom is 0.245 e. The highest BCUT2D eigenvalue weighted by Crippen LogP contribution is 2.09. The minimum atomic E-state index is -0.120. The molecule has 0 fully saturated rings. The molecule has 1 aromatic carbocycles. The SMILES string of the molecule is C/C(=N\NC(=O)Cc1cccs1)c1cccc(N)c1. The van der Waals surface area contributed by atoms with Gasteiger partial charge in [0, 0.05) is 10.6 Å². The first-order valence-electron chi connectivity index (χ1n) is 5.86. The van der Waals surface area contributed by atoms with E-state index in [0.717, 1.165) is 16.2 Å². The summed E-state index contributed by atoms with van der Waals surface area (Å²) in [6.07, 6.45) is 0.353. The Labute approximate surface area is 116 Å². The molecule has 0 spiro atoms. The number of nitrogen functional groups attached to an aromatic ring is 1. The molecule has 4 nitrogen and oxygen atoms in total. The van der Waals surface area contributed by atoms with Crippen molar-refractivity contribution in [3.63, 3.8) is 0 Å². The predicted octanol–water partition coefficient (Wildman–Crippen LogP) is 2.41. The van der Waals surface area contributed by atoms with Gasteiger partial charge in [-0.25, -0.2) is 5.43 Å². The second kappa shape index (κ2) is 6.15. The second-order valence-electron chi connectivity index (χ2n) is 4.11. The van der Waals surface area contributed by atoms with E-state index >= 15 is 0 Å². The average molecular weight is 273 g/mol. The van der Waals surface area contributed by atoms with Crippen LogP contribution in [0.3, 0.4) is 0 Å². The minimum absolute atomic E-state index is 0.120. The maximum absolute atomic E-state index is 11.7. The van der Waals surface area contributed by atoms with E-state index in [9.17, 15) is 4.79 Å². The van der Waals surface area contributed by atoms with Crippen molar-refractivity contribution in [3.05, 3.63) is 52.2 Å². The van der Waals surface area contributed by atoms with Gasteiger partial charge in [-0.1, -0.05) is 18.2 Å². The van der Waals surface area contributed by atoms with Crippen molar-refractivity contribution in [2.75, 3.05) is 5.73 Å². The van der Waals surface area contributed by atoms with Crippen molar-refractivity contribution in [1.82, 2.24) is 5.43 Å². The fraction of sp³-hybridized carbons (Fsp3) is 0.143. The number of nitrogens with zero attached hydrogens (tertiary/aromatic N) is 1. The summed E-state index contributed by atoms with van der Waals surface area (Å²) in [5.74, 6) is -0.120. The summed E-state index contributed by atoms with van der Waals surface area (Å²) in [6, 6.07) is 11.3. The van der Waals surface area contributed by atoms with Crippen molar-refractivity contribution in [3.8, 4) is 0 Å². The molecule has 0 saturated carbocycles. The van der Waals surface area contributed by atoms with Crippen LogP contribution in [0.25, 0.3) is 0 Å². The first kappa shape index (κ1) is 13.3. The number of nitrogens with one attached hydrogen (secondary N) is 1. The standard InChI is InChI=1S/C14H15N3OS/c1-10(11-4-2-5-12(15)8-11)16-17-14(18)9-13-6-3-7-19-13/h2-8H,9,15H2,1H3,(H,17,18)/b16-10+. The van der Waals surface area contributed by atoms with Gasteiger partial charge < -0.3 is 5.73 Å². The molecule has 2 rings (SSSR count). The van der Waals surface area contributed by atoms with Crippen LogP contribution in [0.15, 0.2) is 46.9 Å². The number of benzene rings is 1. The lowest BCUT2D eigenvalue weighted by atomic mass is 10.1. The fourth-order valence-electron chi connectivity index (χ4n) is 1.59. The summed E-state index contributed by atoms with van der Waals surface area (Å²) >= 11 is 1.56. The van der Waals surface area contributed by atoms with Gasteiger partial charge in [0.05, 0.1) is 12.1 Å². The van der Waals surface area contributed by atoms with E-state index in [1.807, 2.05) is 48.7 Å². The molecule has 1 amide bonds. The quantitative estimate of drug-likeness (QED) is 0.510. The van der Waals surface area contributed by atoms with Crippen LogP contribution in [0, 0.1) is 0 Å². The van der Waals surface area contributed by atoms with Crippen LogP contribution in [-0.2, 0) is 11.2 Å². The number of anilines is 1. The van der Waals surface area contributed by atoms with Gasteiger partial charge in [-0.05, 0) is 36.1 Å². The van der Waals surface area contributed by atoms with Gasteiger partial charge in [0.1, 0.15) is 0 Å². The molecule has 3 N–H and O–H groups in total. The molecule has 0 radical (unpaired) electrons. The van der Waals surface area contributed by atoms with Crippen molar-refractivity contribution >= 4 is 28.6 Å². The first-order valence-corrected chi connectivity index (χ1v) is 6.74. The zero-order chi connectivity index (χ0) is 13.7. The Morgan fingerprint density at radius 2 is 2.21 bits per heavy atom. The number of hydrogen-bond donors (Lipinski definition) is 2. The molecule has 2 aromatic rings. The summed E-state index contributed by atoms with van der Waals surface area (Å²) < 4.78 is 0. The van der Waals surface area contributed by atoms with Crippen LogP contribution in [0.1, 0.15) is 17.4 Å². The van der Waals surface area contributed by atoms with Gasteiger partial charge in [0.15, 0.2) is 0 Å². The number of hydrogen-bond acceptors (Lipinski definition) is 4. The van der Waals surface area contributed by atoms with E-state index in [0.29, 0.717) is 12.1 Å². The van der Waals surface area contributed by atoms with Gasteiger partial charge in [-0.2, -0.15) is 5.10 Å². The molecule has 0 aliphatic carbocycles. The molecular formula is C14H15N3OS. The number of thiophene rings is 1. The Bertz CT molecular complexity index is 590. The lowest BCUT2D eigenvalue weighted by Gasteiger charge is -2.03. The van der Waals surface area contributed by atoms with Gasteiger partial charge in [0.25, 0.3) is 0 Å². The number of carbonyl (C=O) groups is 1. The highest BCUT2D eigenvalue weighted by atomic mass is 32.1. The van der Waals surface area contributed by atoms with Crippen molar-refractivity contribution in [2.45, 2.75) is 13.3 Å². The monoisotopic (exact) mass is 273 g/mol. The van der Waals surface area contributed by atoms with E-state index in [4.69, 9.17) is 5.73 Å². The largest absolute Gasteiger partial charge is 0.399 e. The second-order valence-corrected chi connectivity index (χ2v) is 5.15. The highest BCUT2D eigenvalue weighted by molar-refractivity contribution is 7.10. The summed E-state index contributed by atoms with van der Waals surface area (Å²) in [5, 5.41) is 6.03. The highest BCUT2D eigenvalue weighted by Gasteiger charge is 2.04. The van der Waals surface area contributed by atoms with Crippen LogP contribution in [0.2, 0.25) is 0 Å². The molecular weight excluding hydrogens is 258 g/mol. The number of nitrogens with two attached hydrogens (primary N) is 1. The van der Waals surface area contributed by atoms with E-state index in [-0.39, 0.29) is 5.91 Å². The van der Waals surface area contributed by atoms with Crippen molar-refractivity contribution < 1.29 is 4.79 Å². The smallest absolute Gasteiger partial charge is 0.245 e. The molecule has 0 aliphatic heterocycles. The fourth-order valence-corrected chi connectivity index (χ4v) is 2.29. The van der Waals surface area contributed by atoms with E-state index in [2.05, 4.69) is 10.5 Å². The molecule has 0 saturated heterocycles. The van der Waals surface area contributed by atoms with Crippen molar-refractivity contribution in [1.29, 1.82) is 0 Å². The van der Waals surface area contributed by atoms with Crippen molar-refractivity contribution in [2.24, 2.45) is 5.10 Å². The normalized spacial score (nSPS) is 11.3. The lowest BCUT2D eigenvalue weighted by Crippen LogP contribution is -2.20. The topological polar surface area (TPSA) is 67.5 Å². The third-order valence-corrected chi connectivity index (χ3v) is 3.44. The first-order chi connectivity index (χ1) is 9.15. The Kier molecular flexibility index (Phi) is 4.30. The van der Waals surface area contributed by atoms with E-state index < -0.39 is 0 Å². The minimum Gasteiger partial charge on any atom is -0.399 e. The van der Waals surface area contributed by atoms with E-state index in [1.165, 1.54) is 0 Å². The van der Waals surface area contributed by atoms with Crippen LogP contribution in [0.4, 0.5) is 5.69 Å². The zero-order valence-corrected chi connectivity index (χ0v) is 11.4. The number of amides is 1. The summed E-state index contributed by atoms with van der Waals surface area (Å²) in [5.41, 5.74) is 10.6. The molecule has 0 bridgehead atoms. The lowest BCUT2D eigenvalue weighted by molar-refractivity contribution is -0.120. The predicted molar refractivity (Wildman–Crippen MR) is 79.2 cm³/mol. The summed E-state index contributed by atoms with van der Waals surface area (Å²) in [4.78, 5) is 12.7. The molecule has 1 heterocycles. The van der Waals surface area contributed by atoms with Gasteiger partial charge in [0.2, 0.25) is 5.91 Å². The van der Waals surface area contributed by atoms with Gasteiger partial charge >= 0.3 is 0 Å². The van der Waals surface area contributed by atoms with Crippen LogP contribution >= 0.6 is 11.3 Å². The summed E-state index contributed by atoms with van der Waals surface area (Å²) in [7, 11) is 0. The Morgan fingerprint density at radius 1 is 1.37 bits per heavy atom. The number of hydrazone groups is 1. The average Bonchev–Trinajstić information content (AvgIpc) is 2.88. The number of carbonyl (C=O) groups excluding carboxylic acids is 1. The maximum atomic E-state index is 11.7. The molecule has 0 aliphatic rings. The number of rotatable bonds is 4. The Morgan fingerprint density at radius 3 is 2.89 bits per heavy atom. The zero-order valence-electron chi connectivity index (χ0n) is 10.6. The van der Waals surface area contributed by atoms with E-state index in [1.54, 1.807) is 11.3 Å².